The highest BCUT2D eigenvalue weighted by molar-refractivity contribution is 6.55. The summed E-state index contributed by atoms with van der Waals surface area (Å²) in [5.74, 6) is 0.230. The van der Waals surface area contributed by atoms with E-state index < -0.39 is 0 Å². The van der Waals surface area contributed by atoms with Gasteiger partial charge in [0, 0.05) is 12.4 Å². The Bertz CT molecular complexity index is 683. The zero-order valence-corrected chi connectivity index (χ0v) is 13.9. The third kappa shape index (κ3) is 3.09. The van der Waals surface area contributed by atoms with Crippen LogP contribution < -0.4 is 0 Å². The Morgan fingerprint density at radius 3 is 2.48 bits per heavy atom. The van der Waals surface area contributed by atoms with E-state index >= 15 is 0 Å². The lowest BCUT2D eigenvalue weighted by molar-refractivity contribution is 0.00578. The summed E-state index contributed by atoms with van der Waals surface area (Å²) in [5, 5.41) is 0. The predicted octanol–water partition coefficient (Wildman–Crippen LogP) is 3.04. The number of hydrogen-bond donors (Lipinski definition) is 1. The van der Waals surface area contributed by atoms with Gasteiger partial charge in [0.05, 0.1) is 11.2 Å². The second-order valence-electron chi connectivity index (χ2n) is 6.85. The Labute approximate surface area is 136 Å². The van der Waals surface area contributed by atoms with Gasteiger partial charge in [-0.15, -0.1) is 0 Å². The van der Waals surface area contributed by atoms with Crippen molar-refractivity contribution < 1.29 is 14.1 Å². The average Bonchev–Trinajstić information content (AvgIpc) is 3.07. The molecule has 2 heterocycles. The maximum atomic E-state index is 12.0. The minimum absolute atomic E-state index is 0.123. The molecule has 5 nitrogen and oxygen atoms in total. The molecular weight excluding hydrogens is 291 g/mol. The van der Waals surface area contributed by atoms with Crippen LogP contribution >= 0.6 is 0 Å². The van der Waals surface area contributed by atoms with Crippen LogP contribution in [0, 0.1) is 0 Å². The number of nitrogens with one attached hydrogen (secondary N) is 1. The van der Waals surface area contributed by atoms with Gasteiger partial charge in [0.25, 0.3) is 0 Å². The number of H-pyrrole nitrogens is 1. The zero-order chi connectivity index (χ0) is 16.7. The minimum atomic E-state index is -0.362. The number of nitrogens with zero attached hydrogens (tertiary/aromatic N) is 1. The summed E-state index contributed by atoms with van der Waals surface area (Å²) >= 11 is 0. The Morgan fingerprint density at radius 2 is 1.96 bits per heavy atom. The van der Waals surface area contributed by atoms with E-state index in [1.54, 1.807) is 18.5 Å². The van der Waals surface area contributed by atoms with Gasteiger partial charge >= 0.3 is 7.12 Å². The molecule has 0 unspecified atom stereocenters. The van der Waals surface area contributed by atoms with Crippen molar-refractivity contribution in [2.45, 2.75) is 45.3 Å². The number of allylic oxidation sites excluding steroid dienone is 6. The van der Waals surface area contributed by atoms with Gasteiger partial charge in [0.15, 0.2) is 5.82 Å². The number of carbonyl (C=O) groups excluding carboxylic acids is 1. The van der Waals surface area contributed by atoms with E-state index in [1.165, 1.54) is 0 Å². The van der Waals surface area contributed by atoms with Gasteiger partial charge in [-0.25, -0.2) is 4.98 Å². The quantitative estimate of drug-likeness (QED) is 0.529. The van der Waals surface area contributed by atoms with Gasteiger partial charge in [-0.05, 0) is 51.2 Å². The molecule has 0 atom stereocenters. The Hall–Kier alpha value is -1.92. The van der Waals surface area contributed by atoms with Crippen molar-refractivity contribution in [3.05, 3.63) is 53.6 Å². The lowest BCUT2D eigenvalue weighted by Crippen LogP contribution is -2.41. The van der Waals surface area contributed by atoms with E-state index in [1.807, 2.05) is 45.9 Å². The van der Waals surface area contributed by atoms with Crippen molar-refractivity contribution in [3.8, 4) is 0 Å². The van der Waals surface area contributed by atoms with Crippen molar-refractivity contribution in [3.63, 3.8) is 0 Å². The first-order chi connectivity index (χ1) is 10.8. The van der Waals surface area contributed by atoms with Crippen LogP contribution in [0.2, 0.25) is 0 Å². The molecule has 1 aromatic heterocycles. The second kappa shape index (κ2) is 5.62. The largest absolute Gasteiger partial charge is 0.494 e. The van der Waals surface area contributed by atoms with E-state index in [0.717, 1.165) is 11.0 Å². The SMILES string of the molecule is CC1(C)OB(C2=CCC(=CC(=O)c3ncc[nH]3)C=C2)OC1(C)C. The van der Waals surface area contributed by atoms with Gasteiger partial charge in [0.1, 0.15) is 0 Å². The fraction of sp³-hybridized carbons (Fsp3) is 0.412. The number of ketones is 1. The molecule has 1 aromatic rings. The van der Waals surface area contributed by atoms with Crippen LogP contribution in [-0.4, -0.2) is 34.1 Å². The first-order valence-electron chi connectivity index (χ1n) is 7.76. The van der Waals surface area contributed by atoms with Crippen LogP contribution in [0.1, 0.15) is 44.7 Å². The van der Waals surface area contributed by atoms with Crippen molar-refractivity contribution >= 4 is 12.9 Å². The molecule has 1 fully saturated rings. The van der Waals surface area contributed by atoms with Gasteiger partial charge in [-0.2, -0.15) is 0 Å². The molecule has 23 heavy (non-hydrogen) atoms. The van der Waals surface area contributed by atoms with Crippen molar-refractivity contribution in [1.82, 2.24) is 9.97 Å². The van der Waals surface area contributed by atoms with E-state index in [-0.39, 0.29) is 24.1 Å². The first-order valence-corrected chi connectivity index (χ1v) is 7.76. The van der Waals surface area contributed by atoms with E-state index in [0.29, 0.717) is 12.2 Å². The molecule has 120 valence electrons. The Kier molecular flexibility index (Phi) is 3.90. The fourth-order valence-electron chi connectivity index (χ4n) is 2.47. The Morgan fingerprint density at radius 1 is 1.26 bits per heavy atom. The van der Waals surface area contributed by atoms with E-state index in [2.05, 4.69) is 9.97 Å². The molecular formula is C17H21BN2O3. The lowest BCUT2D eigenvalue weighted by Gasteiger charge is -2.32. The molecule has 6 heteroatoms. The first kappa shape index (κ1) is 16.0. The summed E-state index contributed by atoms with van der Waals surface area (Å²) in [6.45, 7) is 8.14. The van der Waals surface area contributed by atoms with Crippen LogP contribution in [0.25, 0.3) is 0 Å². The highest BCUT2D eigenvalue weighted by Gasteiger charge is 2.52. The third-order valence-corrected chi connectivity index (χ3v) is 4.64. The molecule has 1 saturated heterocycles. The Balaban J connectivity index is 1.68. The molecule has 0 aromatic carbocycles. The molecule has 0 saturated carbocycles. The lowest BCUT2D eigenvalue weighted by atomic mass is 9.75. The van der Waals surface area contributed by atoms with Gasteiger partial charge in [0.2, 0.25) is 5.78 Å². The normalized spacial score (nSPS) is 24.1. The van der Waals surface area contributed by atoms with E-state index in [9.17, 15) is 4.79 Å². The number of aromatic nitrogens is 2. The summed E-state index contributed by atoms with van der Waals surface area (Å²) in [4.78, 5) is 18.8. The van der Waals surface area contributed by atoms with Crippen LogP contribution in [0.3, 0.4) is 0 Å². The van der Waals surface area contributed by atoms with Crippen LogP contribution in [-0.2, 0) is 9.31 Å². The standard InChI is InChI=1S/C17H21BN2O3/c1-16(2)17(3,4)23-18(22-16)13-7-5-12(6-8-13)11-14(21)15-19-9-10-20-15/h5,7-11H,6H2,1-4H3,(H,19,20). The van der Waals surface area contributed by atoms with Crippen molar-refractivity contribution in [1.29, 1.82) is 0 Å². The summed E-state index contributed by atoms with van der Waals surface area (Å²) in [6, 6.07) is 0. The molecule has 1 aliphatic carbocycles. The monoisotopic (exact) mass is 312 g/mol. The smallest absolute Gasteiger partial charge is 0.399 e. The number of hydrogen-bond acceptors (Lipinski definition) is 4. The second-order valence-corrected chi connectivity index (χ2v) is 6.85. The van der Waals surface area contributed by atoms with Gasteiger partial charge < -0.3 is 14.3 Å². The maximum absolute atomic E-state index is 12.0. The fourth-order valence-corrected chi connectivity index (χ4v) is 2.47. The van der Waals surface area contributed by atoms with Crippen molar-refractivity contribution in [2.75, 3.05) is 0 Å². The maximum Gasteiger partial charge on any atom is 0.494 e. The average molecular weight is 312 g/mol. The summed E-state index contributed by atoms with van der Waals surface area (Å²) < 4.78 is 12.1. The topological polar surface area (TPSA) is 64.2 Å². The molecule has 2 aliphatic rings. The summed E-state index contributed by atoms with van der Waals surface area (Å²) in [5.41, 5.74) is 1.23. The highest BCUT2D eigenvalue weighted by atomic mass is 16.7. The van der Waals surface area contributed by atoms with Crippen LogP contribution in [0.5, 0.6) is 0 Å². The predicted molar refractivity (Wildman–Crippen MR) is 88.9 cm³/mol. The molecule has 0 bridgehead atoms. The number of imidazole rings is 1. The molecule has 3 rings (SSSR count). The van der Waals surface area contributed by atoms with Crippen LogP contribution in [0.4, 0.5) is 0 Å². The third-order valence-electron chi connectivity index (χ3n) is 4.64. The highest BCUT2D eigenvalue weighted by Crippen LogP contribution is 2.39. The summed E-state index contributed by atoms with van der Waals surface area (Å²) in [6.07, 6.45) is 11.4. The number of carbonyl (C=O) groups is 1. The molecule has 1 N–H and O–H groups in total. The number of rotatable bonds is 3. The van der Waals surface area contributed by atoms with Gasteiger partial charge in [-0.1, -0.05) is 18.2 Å². The van der Waals surface area contributed by atoms with Crippen molar-refractivity contribution in [2.24, 2.45) is 0 Å². The molecule has 1 aliphatic heterocycles. The van der Waals surface area contributed by atoms with E-state index in [4.69, 9.17) is 9.31 Å². The zero-order valence-electron chi connectivity index (χ0n) is 13.9. The summed E-state index contributed by atoms with van der Waals surface area (Å²) in [7, 11) is -0.362. The minimum Gasteiger partial charge on any atom is -0.399 e. The van der Waals surface area contributed by atoms with Gasteiger partial charge in [-0.3, -0.25) is 4.79 Å². The van der Waals surface area contributed by atoms with Crippen LogP contribution in [0.15, 0.2) is 47.7 Å². The molecule has 0 spiro atoms. The molecule has 0 radical (unpaired) electrons. The number of aromatic amines is 1. The molecule has 0 amide bonds.